The number of hydrogen-bond acceptors (Lipinski definition) is 5. The zero-order valence-corrected chi connectivity index (χ0v) is 16.6. The van der Waals surface area contributed by atoms with Gasteiger partial charge in [0.15, 0.2) is 0 Å². The molecule has 0 atom stereocenters. The van der Waals surface area contributed by atoms with Crippen molar-refractivity contribution in [3.8, 4) is 16.9 Å². The van der Waals surface area contributed by atoms with Crippen molar-refractivity contribution in [2.45, 2.75) is 32.5 Å². The van der Waals surface area contributed by atoms with E-state index in [0.29, 0.717) is 18.7 Å². The standard InChI is InChI=1S/C22H25NO5/c1-22(2,3)28-21(25)23-13-19(14-23)27-18-11-9-16(10-12-18)15-5-7-17(8-6-15)20(24)26-4/h5-12,19H,13-14H2,1-4H3. The number of hydrogen-bond donors (Lipinski definition) is 0. The zero-order chi connectivity index (χ0) is 20.3. The number of amides is 1. The van der Waals surface area contributed by atoms with Gasteiger partial charge in [-0.05, 0) is 56.2 Å². The van der Waals surface area contributed by atoms with Crippen LogP contribution in [0.4, 0.5) is 4.79 Å². The predicted molar refractivity (Wildman–Crippen MR) is 105 cm³/mol. The van der Waals surface area contributed by atoms with Gasteiger partial charge in [0.25, 0.3) is 0 Å². The molecule has 1 fully saturated rings. The second-order valence-corrected chi connectivity index (χ2v) is 7.72. The summed E-state index contributed by atoms with van der Waals surface area (Å²) in [6.45, 7) is 6.59. The van der Waals surface area contributed by atoms with Gasteiger partial charge in [0.1, 0.15) is 17.5 Å². The van der Waals surface area contributed by atoms with E-state index < -0.39 is 5.60 Å². The Morgan fingerprint density at radius 3 is 1.96 bits per heavy atom. The lowest BCUT2D eigenvalue weighted by Crippen LogP contribution is -2.57. The molecule has 6 heteroatoms. The highest BCUT2D eigenvalue weighted by Gasteiger charge is 2.35. The Hall–Kier alpha value is -3.02. The highest BCUT2D eigenvalue weighted by Crippen LogP contribution is 2.25. The van der Waals surface area contributed by atoms with Crippen LogP contribution in [0, 0.1) is 0 Å². The number of likely N-dealkylation sites (tertiary alicyclic amines) is 1. The Balaban J connectivity index is 1.53. The van der Waals surface area contributed by atoms with Crippen LogP contribution in [0.2, 0.25) is 0 Å². The summed E-state index contributed by atoms with van der Waals surface area (Å²) < 4.78 is 16.0. The van der Waals surface area contributed by atoms with Gasteiger partial charge in [-0.15, -0.1) is 0 Å². The highest BCUT2D eigenvalue weighted by molar-refractivity contribution is 5.90. The van der Waals surface area contributed by atoms with Crippen LogP contribution >= 0.6 is 0 Å². The van der Waals surface area contributed by atoms with Crippen molar-refractivity contribution >= 4 is 12.1 Å². The topological polar surface area (TPSA) is 65.1 Å². The number of nitrogens with zero attached hydrogens (tertiary/aromatic N) is 1. The summed E-state index contributed by atoms with van der Waals surface area (Å²) in [7, 11) is 1.36. The van der Waals surface area contributed by atoms with E-state index >= 15 is 0 Å². The molecule has 0 spiro atoms. The van der Waals surface area contributed by atoms with Crippen LogP contribution in [0.3, 0.4) is 0 Å². The number of carbonyl (C=O) groups is 2. The number of ether oxygens (including phenoxy) is 3. The van der Waals surface area contributed by atoms with Gasteiger partial charge in [-0.3, -0.25) is 0 Å². The second kappa shape index (κ2) is 7.92. The monoisotopic (exact) mass is 383 g/mol. The van der Waals surface area contributed by atoms with E-state index in [-0.39, 0.29) is 18.2 Å². The summed E-state index contributed by atoms with van der Waals surface area (Å²) in [5.74, 6) is 0.403. The van der Waals surface area contributed by atoms with Crippen molar-refractivity contribution in [1.29, 1.82) is 0 Å². The third kappa shape index (κ3) is 4.82. The van der Waals surface area contributed by atoms with Gasteiger partial charge in [0.05, 0.1) is 25.8 Å². The number of esters is 1. The molecule has 1 aliphatic heterocycles. The summed E-state index contributed by atoms with van der Waals surface area (Å²) in [6, 6.07) is 15.0. The van der Waals surface area contributed by atoms with Crippen LogP contribution in [-0.4, -0.2) is 48.9 Å². The number of methoxy groups -OCH3 is 1. The lowest BCUT2D eigenvalue weighted by atomic mass is 10.0. The third-order valence-electron chi connectivity index (χ3n) is 4.30. The Morgan fingerprint density at radius 2 is 1.46 bits per heavy atom. The van der Waals surface area contributed by atoms with Crippen LogP contribution < -0.4 is 4.74 Å². The van der Waals surface area contributed by atoms with Crippen LogP contribution in [0.25, 0.3) is 11.1 Å². The van der Waals surface area contributed by atoms with E-state index in [2.05, 4.69) is 0 Å². The summed E-state index contributed by atoms with van der Waals surface area (Å²) in [5, 5.41) is 0. The first-order valence-corrected chi connectivity index (χ1v) is 9.18. The fraction of sp³-hybridized carbons (Fsp3) is 0.364. The molecule has 6 nitrogen and oxygen atoms in total. The van der Waals surface area contributed by atoms with Crippen LogP contribution in [0.5, 0.6) is 5.75 Å². The average Bonchev–Trinajstić information content (AvgIpc) is 2.63. The first-order valence-electron chi connectivity index (χ1n) is 9.18. The Bertz CT molecular complexity index is 831. The highest BCUT2D eigenvalue weighted by atomic mass is 16.6. The first kappa shape index (κ1) is 19.7. The molecular weight excluding hydrogens is 358 g/mol. The Kier molecular flexibility index (Phi) is 5.58. The van der Waals surface area contributed by atoms with Crippen LogP contribution in [-0.2, 0) is 9.47 Å². The number of carbonyl (C=O) groups excluding carboxylic acids is 2. The molecule has 0 aliphatic carbocycles. The van der Waals surface area contributed by atoms with Gasteiger partial charge in [-0.25, -0.2) is 9.59 Å². The number of benzene rings is 2. The molecular formula is C22H25NO5. The van der Waals surface area contributed by atoms with Gasteiger partial charge >= 0.3 is 12.1 Å². The molecule has 148 valence electrons. The molecule has 0 radical (unpaired) electrons. The van der Waals surface area contributed by atoms with Gasteiger partial charge in [0, 0.05) is 0 Å². The van der Waals surface area contributed by atoms with Crippen LogP contribution in [0.15, 0.2) is 48.5 Å². The first-order chi connectivity index (χ1) is 13.2. The smallest absolute Gasteiger partial charge is 0.410 e. The van der Waals surface area contributed by atoms with E-state index in [1.165, 1.54) is 7.11 Å². The molecule has 0 N–H and O–H groups in total. The van der Waals surface area contributed by atoms with Crippen molar-refractivity contribution in [1.82, 2.24) is 4.90 Å². The molecule has 1 amide bonds. The molecule has 1 aliphatic rings. The number of rotatable bonds is 4. The van der Waals surface area contributed by atoms with E-state index in [9.17, 15) is 9.59 Å². The lowest BCUT2D eigenvalue weighted by molar-refractivity contribution is -0.0221. The maximum absolute atomic E-state index is 11.9. The largest absolute Gasteiger partial charge is 0.487 e. The minimum atomic E-state index is -0.492. The van der Waals surface area contributed by atoms with E-state index in [1.54, 1.807) is 17.0 Å². The van der Waals surface area contributed by atoms with Crippen molar-refractivity contribution in [2.75, 3.05) is 20.2 Å². The molecule has 0 bridgehead atoms. The average molecular weight is 383 g/mol. The molecule has 28 heavy (non-hydrogen) atoms. The molecule has 3 rings (SSSR count). The summed E-state index contributed by atoms with van der Waals surface area (Å²) in [6.07, 6.45) is -0.337. The summed E-state index contributed by atoms with van der Waals surface area (Å²) in [4.78, 5) is 25.1. The minimum absolute atomic E-state index is 0.0299. The quantitative estimate of drug-likeness (QED) is 0.743. The normalized spacial score (nSPS) is 14.2. The van der Waals surface area contributed by atoms with Gasteiger partial charge in [-0.2, -0.15) is 0 Å². The second-order valence-electron chi connectivity index (χ2n) is 7.72. The maximum atomic E-state index is 11.9. The SMILES string of the molecule is COC(=O)c1ccc(-c2ccc(OC3CN(C(=O)OC(C)(C)C)C3)cc2)cc1. The maximum Gasteiger partial charge on any atom is 0.410 e. The third-order valence-corrected chi connectivity index (χ3v) is 4.30. The molecule has 0 saturated carbocycles. The molecule has 1 saturated heterocycles. The van der Waals surface area contributed by atoms with Crippen molar-refractivity contribution in [2.24, 2.45) is 0 Å². The van der Waals surface area contributed by atoms with Crippen molar-refractivity contribution in [3.05, 3.63) is 54.1 Å². The molecule has 0 aromatic heterocycles. The fourth-order valence-corrected chi connectivity index (χ4v) is 2.82. The van der Waals surface area contributed by atoms with E-state index in [4.69, 9.17) is 14.2 Å². The molecule has 2 aromatic carbocycles. The Labute approximate surface area is 165 Å². The van der Waals surface area contributed by atoms with Crippen molar-refractivity contribution < 1.29 is 23.8 Å². The summed E-state index contributed by atoms with van der Waals surface area (Å²) in [5.41, 5.74) is 2.05. The minimum Gasteiger partial charge on any atom is -0.487 e. The van der Waals surface area contributed by atoms with E-state index in [0.717, 1.165) is 16.9 Å². The summed E-state index contributed by atoms with van der Waals surface area (Å²) >= 11 is 0. The van der Waals surface area contributed by atoms with Crippen molar-refractivity contribution in [3.63, 3.8) is 0 Å². The van der Waals surface area contributed by atoms with Gasteiger partial charge < -0.3 is 19.1 Å². The zero-order valence-electron chi connectivity index (χ0n) is 16.6. The Morgan fingerprint density at radius 1 is 0.929 bits per heavy atom. The lowest BCUT2D eigenvalue weighted by Gasteiger charge is -2.39. The fourth-order valence-electron chi connectivity index (χ4n) is 2.82. The van der Waals surface area contributed by atoms with Gasteiger partial charge in [0.2, 0.25) is 0 Å². The predicted octanol–water partition coefficient (Wildman–Crippen LogP) is 4.14. The van der Waals surface area contributed by atoms with Gasteiger partial charge in [-0.1, -0.05) is 24.3 Å². The molecule has 1 heterocycles. The van der Waals surface area contributed by atoms with Crippen LogP contribution in [0.1, 0.15) is 31.1 Å². The van der Waals surface area contributed by atoms with E-state index in [1.807, 2.05) is 57.2 Å². The molecule has 2 aromatic rings. The molecule has 0 unspecified atom stereocenters.